The van der Waals surface area contributed by atoms with E-state index < -0.39 is 15.9 Å². The molecule has 0 unspecified atom stereocenters. The Balaban J connectivity index is 2.16. The Morgan fingerprint density at radius 1 is 1.29 bits per heavy atom. The number of carbonyl (C=O) groups is 1. The lowest BCUT2D eigenvalue weighted by atomic mass is 10.3. The fourth-order valence-corrected chi connectivity index (χ4v) is 3.69. The van der Waals surface area contributed by atoms with Crippen LogP contribution in [0.3, 0.4) is 0 Å². The lowest BCUT2D eigenvalue weighted by molar-refractivity contribution is -0.116. The number of hydrogen-bond acceptors (Lipinski definition) is 5. The summed E-state index contributed by atoms with van der Waals surface area (Å²) < 4.78 is 32.2. The molecule has 1 aromatic carbocycles. The number of nitrogens with zero attached hydrogens (tertiary/aromatic N) is 2. The van der Waals surface area contributed by atoms with Crippen LogP contribution < -0.4 is 5.32 Å². The molecule has 2 aromatic rings. The number of carbonyl (C=O) groups excluding carboxylic acids is 1. The van der Waals surface area contributed by atoms with Crippen molar-refractivity contribution in [2.45, 2.75) is 24.7 Å². The minimum atomic E-state index is -3.76. The number of hydrogen-bond donors (Lipinski definition) is 1. The van der Waals surface area contributed by atoms with Gasteiger partial charge in [0.05, 0.1) is 11.4 Å². The molecule has 0 fully saturated rings. The van der Waals surface area contributed by atoms with Gasteiger partial charge in [-0.2, -0.15) is 4.31 Å². The van der Waals surface area contributed by atoms with Crippen molar-refractivity contribution in [1.82, 2.24) is 9.46 Å². The Bertz CT molecular complexity index is 761. The molecule has 1 N–H and O–H groups in total. The normalized spacial score (nSPS) is 11.6. The maximum absolute atomic E-state index is 12.8. The molecule has 0 aliphatic rings. The van der Waals surface area contributed by atoms with Crippen LogP contribution in [0, 0.1) is 0 Å². The highest BCUT2D eigenvalue weighted by molar-refractivity contribution is 9.10. The van der Waals surface area contributed by atoms with E-state index in [0.29, 0.717) is 6.42 Å². The first kappa shape index (κ1) is 18.6. The molecular formula is C15H18BrN3O4S. The van der Waals surface area contributed by atoms with Gasteiger partial charge >= 0.3 is 0 Å². The van der Waals surface area contributed by atoms with Crippen molar-refractivity contribution in [2.75, 3.05) is 18.4 Å². The van der Waals surface area contributed by atoms with Crippen LogP contribution in [-0.2, 0) is 14.8 Å². The molecule has 0 saturated heterocycles. The van der Waals surface area contributed by atoms with Gasteiger partial charge in [-0.3, -0.25) is 4.79 Å². The van der Waals surface area contributed by atoms with Crippen LogP contribution in [0.2, 0.25) is 0 Å². The highest BCUT2D eigenvalue weighted by Crippen LogP contribution is 2.19. The van der Waals surface area contributed by atoms with Gasteiger partial charge in [-0.15, -0.1) is 0 Å². The van der Waals surface area contributed by atoms with Crippen molar-refractivity contribution in [2.24, 2.45) is 0 Å². The van der Waals surface area contributed by atoms with Crippen LogP contribution in [0.4, 0.5) is 5.82 Å². The third-order valence-electron chi connectivity index (χ3n) is 3.24. The number of nitrogens with one attached hydrogen (secondary N) is 1. The quantitative estimate of drug-likeness (QED) is 0.715. The molecule has 0 atom stereocenters. The summed E-state index contributed by atoms with van der Waals surface area (Å²) in [6.45, 7) is 1.94. The maximum atomic E-state index is 12.8. The number of rotatable bonds is 8. The van der Waals surface area contributed by atoms with Crippen LogP contribution in [0.15, 0.2) is 50.5 Å². The van der Waals surface area contributed by atoms with E-state index in [9.17, 15) is 13.2 Å². The van der Waals surface area contributed by atoms with Crippen LogP contribution in [0.25, 0.3) is 0 Å². The molecule has 0 aliphatic carbocycles. The summed E-state index contributed by atoms with van der Waals surface area (Å²) in [6.07, 6.45) is 2.80. The Hall–Kier alpha value is -1.71. The second kappa shape index (κ2) is 8.41. The van der Waals surface area contributed by atoms with Crippen molar-refractivity contribution in [3.63, 3.8) is 0 Å². The summed E-state index contributed by atoms with van der Waals surface area (Å²) in [7, 11) is -3.76. The van der Waals surface area contributed by atoms with Crippen molar-refractivity contribution >= 4 is 37.7 Å². The molecule has 0 bridgehead atoms. The third kappa shape index (κ3) is 4.89. The largest absolute Gasteiger partial charge is 0.363 e. The van der Waals surface area contributed by atoms with E-state index in [2.05, 4.69) is 30.9 Å². The van der Waals surface area contributed by atoms with Crippen molar-refractivity contribution < 1.29 is 17.7 Å². The maximum Gasteiger partial charge on any atom is 0.243 e. The molecule has 24 heavy (non-hydrogen) atoms. The number of halogens is 1. The SMILES string of the molecule is CCCCN(CC(=O)Nc1ccon1)S(=O)(=O)c1ccc(Br)cc1. The van der Waals surface area contributed by atoms with Crippen LogP contribution >= 0.6 is 15.9 Å². The van der Waals surface area contributed by atoms with E-state index >= 15 is 0 Å². The molecule has 1 amide bonds. The summed E-state index contributed by atoms with van der Waals surface area (Å²) in [5.41, 5.74) is 0. The lowest BCUT2D eigenvalue weighted by Crippen LogP contribution is -2.38. The standard InChI is InChI=1S/C15H18BrN3O4S/c1-2-3-9-19(11-15(20)17-14-8-10-23-18-14)24(21,22)13-6-4-12(16)5-7-13/h4-8,10H,2-3,9,11H2,1H3,(H,17,18,20). The van der Waals surface area contributed by atoms with E-state index in [1.165, 1.54) is 28.8 Å². The number of unbranched alkanes of at least 4 members (excludes halogenated alkanes) is 1. The summed E-state index contributed by atoms with van der Waals surface area (Å²) in [5.74, 6) is -0.225. The van der Waals surface area contributed by atoms with Gasteiger partial charge in [-0.05, 0) is 30.7 Å². The summed E-state index contributed by atoms with van der Waals surface area (Å²) >= 11 is 3.28. The van der Waals surface area contributed by atoms with Crippen molar-refractivity contribution in [1.29, 1.82) is 0 Å². The topological polar surface area (TPSA) is 92.5 Å². The lowest BCUT2D eigenvalue weighted by Gasteiger charge is -2.21. The molecule has 1 heterocycles. The van der Waals surface area contributed by atoms with Gasteiger partial charge < -0.3 is 9.84 Å². The average molecular weight is 416 g/mol. The number of amides is 1. The first-order chi connectivity index (χ1) is 11.4. The summed E-state index contributed by atoms with van der Waals surface area (Å²) in [5, 5.41) is 6.08. The number of anilines is 1. The second-order valence-electron chi connectivity index (χ2n) is 5.08. The molecule has 0 aliphatic heterocycles. The van der Waals surface area contributed by atoms with Crippen molar-refractivity contribution in [3.05, 3.63) is 41.1 Å². The monoisotopic (exact) mass is 415 g/mol. The van der Waals surface area contributed by atoms with Gasteiger partial charge in [0.1, 0.15) is 6.26 Å². The first-order valence-electron chi connectivity index (χ1n) is 7.39. The molecule has 0 radical (unpaired) electrons. The van der Waals surface area contributed by atoms with E-state index in [1.54, 1.807) is 12.1 Å². The Kier molecular flexibility index (Phi) is 6.52. The fraction of sp³-hybridized carbons (Fsp3) is 0.333. The van der Waals surface area contributed by atoms with Gasteiger partial charge in [0.15, 0.2) is 5.82 Å². The van der Waals surface area contributed by atoms with Gasteiger partial charge in [-0.25, -0.2) is 8.42 Å². The second-order valence-corrected chi connectivity index (χ2v) is 7.93. The predicted octanol–water partition coefficient (Wildman–Crippen LogP) is 2.87. The third-order valence-corrected chi connectivity index (χ3v) is 5.63. The highest BCUT2D eigenvalue weighted by atomic mass is 79.9. The van der Waals surface area contributed by atoms with Gasteiger partial charge in [0.25, 0.3) is 0 Å². The van der Waals surface area contributed by atoms with E-state index in [0.717, 1.165) is 10.9 Å². The molecule has 7 nitrogen and oxygen atoms in total. The van der Waals surface area contributed by atoms with Gasteiger partial charge in [0.2, 0.25) is 15.9 Å². The first-order valence-corrected chi connectivity index (χ1v) is 9.62. The van der Waals surface area contributed by atoms with E-state index in [-0.39, 0.29) is 23.8 Å². The smallest absolute Gasteiger partial charge is 0.243 e. The average Bonchev–Trinajstić information content (AvgIpc) is 3.04. The number of aromatic nitrogens is 1. The summed E-state index contributed by atoms with van der Waals surface area (Å²) in [4.78, 5) is 12.3. The molecule has 0 saturated carbocycles. The van der Waals surface area contributed by atoms with Crippen LogP contribution in [0.5, 0.6) is 0 Å². The summed E-state index contributed by atoms with van der Waals surface area (Å²) in [6, 6.07) is 7.81. The number of sulfonamides is 1. The van der Waals surface area contributed by atoms with E-state index in [4.69, 9.17) is 0 Å². The molecule has 0 spiro atoms. The number of benzene rings is 1. The van der Waals surface area contributed by atoms with Gasteiger partial charge in [0, 0.05) is 17.1 Å². The zero-order chi connectivity index (χ0) is 17.6. The zero-order valence-electron chi connectivity index (χ0n) is 13.1. The molecular weight excluding hydrogens is 398 g/mol. The molecule has 2 rings (SSSR count). The van der Waals surface area contributed by atoms with Crippen molar-refractivity contribution in [3.8, 4) is 0 Å². The molecule has 1 aromatic heterocycles. The molecule has 130 valence electrons. The minimum Gasteiger partial charge on any atom is -0.363 e. The van der Waals surface area contributed by atoms with E-state index in [1.807, 2.05) is 6.92 Å². The highest BCUT2D eigenvalue weighted by Gasteiger charge is 2.26. The Morgan fingerprint density at radius 2 is 2.00 bits per heavy atom. The Labute approximate surface area is 149 Å². The predicted molar refractivity (Wildman–Crippen MR) is 92.9 cm³/mol. The fourth-order valence-electron chi connectivity index (χ4n) is 1.99. The van der Waals surface area contributed by atoms with Gasteiger partial charge in [-0.1, -0.05) is 34.4 Å². The minimum absolute atomic E-state index is 0.149. The van der Waals surface area contributed by atoms with Crippen LogP contribution in [0.1, 0.15) is 19.8 Å². The zero-order valence-corrected chi connectivity index (χ0v) is 15.5. The molecule has 9 heteroatoms. The Morgan fingerprint density at radius 3 is 2.58 bits per heavy atom. The van der Waals surface area contributed by atoms with Crippen LogP contribution in [-0.4, -0.2) is 36.9 Å².